The van der Waals surface area contributed by atoms with Crippen molar-refractivity contribution >= 4 is 16.7 Å². The molecule has 0 N–H and O–H groups in total. The van der Waals surface area contributed by atoms with E-state index in [0.717, 1.165) is 38.2 Å². The molecule has 0 bridgehead atoms. The van der Waals surface area contributed by atoms with E-state index in [0.29, 0.717) is 24.8 Å². The second-order valence-corrected chi connectivity index (χ2v) is 9.50. The van der Waals surface area contributed by atoms with E-state index in [1.165, 1.54) is 21.9 Å². The second kappa shape index (κ2) is 10.8. The average molecular weight is 469 g/mol. The van der Waals surface area contributed by atoms with Crippen molar-refractivity contribution in [2.24, 2.45) is 5.92 Å². The quantitative estimate of drug-likeness (QED) is 0.318. The first kappa shape index (κ1) is 23.2. The van der Waals surface area contributed by atoms with Crippen molar-refractivity contribution in [1.29, 1.82) is 0 Å². The van der Waals surface area contributed by atoms with Crippen LogP contribution in [0.25, 0.3) is 10.8 Å². The van der Waals surface area contributed by atoms with Crippen molar-refractivity contribution in [1.82, 2.24) is 9.80 Å². The fraction of sp³-hybridized carbons (Fsp3) is 0.300. The molecule has 1 atom stereocenters. The van der Waals surface area contributed by atoms with Crippen LogP contribution in [0.2, 0.25) is 0 Å². The maximum Gasteiger partial charge on any atom is 0.289 e. The molecule has 1 aliphatic heterocycles. The van der Waals surface area contributed by atoms with Gasteiger partial charge < -0.3 is 14.1 Å². The Hall–Kier alpha value is -3.57. The summed E-state index contributed by atoms with van der Waals surface area (Å²) in [7, 11) is 2.16. The minimum absolute atomic E-state index is 0.0309. The Labute approximate surface area is 206 Å². The van der Waals surface area contributed by atoms with Crippen LogP contribution in [-0.2, 0) is 13.1 Å². The van der Waals surface area contributed by atoms with Crippen LogP contribution in [0.3, 0.4) is 0 Å². The van der Waals surface area contributed by atoms with Crippen LogP contribution in [0, 0.1) is 5.92 Å². The summed E-state index contributed by atoms with van der Waals surface area (Å²) >= 11 is 0. The van der Waals surface area contributed by atoms with Gasteiger partial charge in [0.05, 0.1) is 12.9 Å². The highest BCUT2D eigenvalue weighted by atomic mass is 16.5. The molecule has 2 heterocycles. The third-order valence-corrected chi connectivity index (χ3v) is 6.72. The van der Waals surface area contributed by atoms with Crippen molar-refractivity contribution in [2.45, 2.75) is 25.9 Å². The number of fused-ring (bicyclic) bond motifs is 1. The van der Waals surface area contributed by atoms with Gasteiger partial charge >= 0.3 is 0 Å². The number of likely N-dealkylation sites (tertiary alicyclic amines) is 1. The summed E-state index contributed by atoms with van der Waals surface area (Å²) in [5.74, 6) is 1.58. The van der Waals surface area contributed by atoms with E-state index in [4.69, 9.17) is 9.15 Å². The van der Waals surface area contributed by atoms with Gasteiger partial charge in [-0.1, -0.05) is 54.6 Å². The number of amides is 1. The lowest BCUT2D eigenvalue weighted by Gasteiger charge is -2.32. The predicted molar refractivity (Wildman–Crippen MR) is 138 cm³/mol. The maximum atomic E-state index is 12.6. The largest absolute Gasteiger partial charge is 0.493 e. The molecule has 5 nitrogen and oxygen atoms in total. The number of hydrogen-bond donors (Lipinski definition) is 0. The second-order valence-electron chi connectivity index (χ2n) is 9.50. The maximum absolute atomic E-state index is 12.6. The van der Waals surface area contributed by atoms with Gasteiger partial charge in [0, 0.05) is 32.1 Å². The summed E-state index contributed by atoms with van der Waals surface area (Å²) in [5, 5.41) is 2.60. The van der Waals surface area contributed by atoms with E-state index >= 15 is 0 Å². The van der Waals surface area contributed by atoms with Gasteiger partial charge in [-0.2, -0.15) is 0 Å². The molecule has 1 saturated heterocycles. The summed E-state index contributed by atoms with van der Waals surface area (Å²) in [5.41, 5.74) is 2.60. The van der Waals surface area contributed by atoms with E-state index < -0.39 is 0 Å². The molecule has 1 aliphatic rings. The molecule has 1 aromatic heterocycles. The Morgan fingerprint density at radius 1 is 1.00 bits per heavy atom. The molecule has 0 saturated carbocycles. The van der Waals surface area contributed by atoms with E-state index in [-0.39, 0.29) is 5.91 Å². The molecule has 0 spiro atoms. The van der Waals surface area contributed by atoms with Crippen LogP contribution in [0.1, 0.15) is 34.5 Å². The van der Waals surface area contributed by atoms with Crippen LogP contribution in [0.15, 0.2) is 89.5 Å². The Bertz CT molecular complexity index is 1250. The molecule has 1 unspecified atom stereocenters. The number of ether oxygens (including phenoxy) is 1. The minimum atomic E-state index is -0.0309. The third-order valence-electron chi connectivity index (χ3n) is 6.72. The molecule has 0 radical (unpaired) electrons. The summed E-state index contributed by atoms with van der Waals surface area (Å²) in [6.07, 6.45) is 3.60. The molecule has 4 aromatic rings. The zero-order chi connectivity index (χ0) is 24.0. The highest BCUT2D eigenvalue weighted by Crippen LogP contribution is 2.23. The van der Waals surface area contributed by atoms with Crippen LogP contribution in [-0.4, -0.2) is 42.5 Å². The molecule has 5 heteroatoms. The number of furan rings is 1. The Morgan fingerprint density at radius 2 is 1.83 bits per heavy atom. The highest BCUT2D eigenvalue weighted by Gasteiger charge is 2.26. The van der Waals surface area contributed by atoms with Gasteiger partial charge in [0.1, 0.15) is 5.75 Å². The van der Waals surface area contributed by atoms with Crippen molar-refractivity contribution in [2.75, 3.05) is 26.7 Å². The molecular weight excluding hydrogens is 436 g/mol. The lowest BCUT2D eigenvalue weighted by Crippen LogP contribution is -2.41. The number of benzene rings is 3. The topological polar surface area (TPSA) is 45.9 Å². The zero-order valence-corrected chi connectivity index (χ0v) is 20.2. The van der Waals surface area contributed by atoms with Crippen LogP contribution >= 0.6 is 0 Å². The smallest absolute Gasteiger partial charge is 0.289 e. The number of carbonyl (C=O) groups excluding carboxylic acids is 1. The van der Waals surface area contributed by atoms with E-state index in [1.54, 1.807) is 18.4 Å². The zero-order valence-electron chi connectivity index (χ0n) is 20.2. The molecular formula is C30H32N2O3. The van der Waals surface area contributed by atoms with E-state index in [2.05, 4.69) is 78.7 Å². The van der Waals surface area contributed by atoms with Crippen molar-refractivity contribution in [3.63, 3.8) is 0 Å². The molecule has 1 amide bonds. The predicted octanol–water partition coefficient (Wildman–Crippen LogP) is 6.00. The fourth-order valence-corrected chi connectivity index (χ4v) is 4.94. The number of hydrogen-bond acceptors (Lipinski definition) is 4. The lowest BCUT2D eigenvalue weighted by atomic mass is 9.98. The van der Waals surface area contributed by atoms with Gasteiger partial charge in [0.15, 0.2) is 5.76 Å². The Morgan fingerprint density at radius 3 is 2.66 bits per heavy atom. The van der Waals surface area contributed by atoms with Crippen molar-refractivity contribution < 1.29 is 13.9 Å². The molecule has 0 aliphatic carbocycles. The number of nitrogens with zero attached hydrogens (tertiary/aromatic N) is 2. The molecule has 3 aromatic carbocycles. The molecule has 35 heavy (non-hydrogen) atoms. The number of rotatable bonds is 8. The Kier molecular flexibility index (Phi) is 7.15. The number of carbonyl (C=O) groups is 1. The first-order valence-corrected chi connectivity index (χ1v) is 12.4. The number of piperidine rings is 1. The van der Waals surface area contributed by atoms with Crippen molar-refractivity contribution in [3.05, 3.63) is 102 Å². The summed E-state index contributed by atoms with van der Waals surface area (Å²) in [6.45, 7) is 3.86. The lowest BCUT2D eigenvalue weighted by molar-refractivity contribution is 0.0602. The molecule has 180 valence electrons. The summed E-state index contributed by atoms with van der Waals surface area (Å²) in [6, 6.07) is 26.9. The van der Waals surface area contributed by atoms with Crippen molar-refractivity contribution in [3.8, 4) is 5.75 Å². The standard InChI is InChI=1S/C30H32N2O3/c1-31(21-26-10-4-9-25-8-2-3-11-28(25)26)19-23-13-15-27(16-14-23)35-22-24-7-5-17-32(20-24)30(33)29-12-6-18-34-29/h2-4,6,8-16,18,24H,5,7,17,19-22H2,1H3. The monoisotopic (exact) mass is 468 g/mol. The van der Waals surface area contributed by atoms with Gasteiger partial charge in [-0.15, -0.1) is 0 Å². The van der Waals surface area contributed by atoms with Gasteiger partial charge in [-0.3, -0.25) is 9.69 Å². The normalized spacial score (nSPS) is 16.1. The van der Waals surface area contributed by atoms with Crippen LogP contribution < -0.4 is 4.74 Å². The van der Waals surface area contributed by atoms with E-state index in [1.807, 2.05) is 4.90 Å². The SMILES string of the molecule is CN(Cc1ccc(OCC2CCCN(C(=O)c3ccco3)C2)cc1)Cc1cccc2ccccc12. The minimum Gasteiger partial charge on any atom is -0.493 e. The first-order valence-electron chi connectivity index (χ1n) is 12.4. The van der Waals surface area contributed by atoms with Gasteiger partial charge in [-0.05, 0) is 66.1 Å². The molecule has 1 fully saturated rings. The van der Waals surface area contributed by atoms with Gasteiger partial charge in [0.25, 0.3) is 5.91 Å². The van der Waals surface area contributed by atoms with E-state index in [9.17, 15) is 4.79 Å². The average Bonchev–Trinajstić information content (AvgIpc) is 3.43. The fourth-order valence-electron chi connectivity index (χ4n) is 4.94. The first-order chi connectivity index (χ1) is 17.2. The van der Waals surface area contributed by atoms with Crippen LogP contribution in [0.5, 0.6) is 5.75 Å². The Balaban J connectivity index is 1.12. The summed E-state index contributed by atoms with van der Waals surface area (Å²) < 4.78 is 11.4. The highest BCUT2D eigenvalue weighted by molar-refractivity contribution is 5.91. The van der Waals surface area contributed by atoms with Gasteiger partial charge in [0.2, 0.25) is 0 Å². The third kappa shape index (κ3) is 5.75. The summed E-state index contributed by atoms with van der Waals surface area (Å²) in [4.78, 5) is 16.8. The molecule has 5 rings (SSSR count). The van der Waals surface area contributed by atoms with Gasteiger partial charge in [-0.25, -0.2) is 0 Å². The van der Waals surface area contributed by atoms with Crippen LogP contribution in [0.4, 0.5) is 0 Å².